The van der Waals surface area contributed by atoms with Gasteiger partial charge in [0, 0.05) is 0 Å². The summed E-state index contributed by atoms with van der Waals surface area (Å²) >= 11 is 0. The van der Waals surface area contributed by atoms with Gasteiger partial charge in [-0.25, -0.2) is 13.1 Å². The fourth-order valence-electron chi connectivity index (χ4n) is 2.31. The van der Waals surface area contributed by atoms with Crippen molar-refractivity contribution < 1.29 is 21.6 Å². The van der Waals surface area contributed by atoms with Crippen LogP contribution in [0.2, 0.25) is 0 Å². The molecule has 0 unspecified atom stereocenters. The molecule has 0 fully saturated rings. The van der Waals surface area contributed by atoms with Gasteiger partial charge in [0.1, 0.15) is 0 Å². The topological polar surface area (TPSA) is 64.8 Å². The molecule has 0 bridgehead atoms. The highest BCUT2D eigenvalue weighted by atomic mass is 32.2. The summed E-state index contributed by atoms with van der Waals surface area (Å²) in [5.74, 6) is 0. The summed E-state index contributed by atoms with van der Waals surface area (Å²) < 4.78 is 64.0. The van der Waals surface area contributed by atoms with Gasteiger partial charge in [0.05, 0.1) is 23.2 Å². The van der Waals surface area contributed by atoms with Crippen LogP contribution in [0.1, 0.15) is 16.7 Å². The fourth-order valence-corrected chi connectivity index (χ4v) is 3.45. The molecule has 0 aliphatic heterocycles. The first-order chi connectivity index (χ1) is 12.2. The van der Waals surface area contributed by atoms with Crippen molar-refractivity contribution in [2.45, 2.75) is 29.6 Å². The van der Waals surface area contributed by atoms with Crippen LogP contribution in [0.15, 0.2) is 64.6 Å². The lowest BCUT2D eigenvalue weighted by Crippen LogP contribution is -2.06. The van der Waals surface area contributed by atoms with E-state index >= 15 is 0 Å². The van der Waals surface area contributed by atoms with Gasteiger partial charge in [-0.1, -0.05) is 35.0 Å². The van der Waals surface area contributed by atoms with E-state index in [-0.39, 0.29) is 16.5 Å². The predicted octanol–water partition coefficient (Wildman–Crippen LogP) is 3.49. The van der Waals surface area contributed by atoms with Gasteiger partial charge >= 0.3 is 6.18 Å². The van der Waals surface area contributed by atoms with Crippen molar-refractivity contribution in [3.63, 3.8) is 0 Å². The van der Waals surface area contributed by atoms with Crippen molar-refractivity contribution in [3.8, 4) is 0 Å². The zero-order chi connectivity index (χ0) is 18.9. The Morgan fingerprint density at radius 2 is 1.62 bits per heavy atom. The van der Waals surface area contributed by atoms with Crippen LogP contribution in [-0.4, -0.2) is 23.4 Å². The maximum atomic E-state index is 12.6. The van der Waals surface area contributed by atoms with Gasteiger partial charge in [0.2, 0.25) is 14.9 Å². The van der Waals surface area contributed by atoms with E-state index < -0.39 is 21.6 Å². The second kappa shape index (κ2) is 6.56. The summed E-state index contributed by atoms with van der Waals surface area (Å²) in [7, 11) is -3.80. The highest BCUT2D eigenvalue weighted by Crippen LogP contribution is 2.29. The number of hydrogen-bond donors (Lipinski definition) is 0. The molecule has 0 atom stereocenters. The van der Waals surface area contributed by atoms with Crippen LogP contribution in [0.5, 0.6) is 0 Å². The zero-order valence-corrected chi connectivity index (χ0v) is 14.4. The molecule has 2 aromatic carbocycles. The Kier molecular flexibility index (Phi) is 4.57. The number of rotatable bonds is 4. The number of aromatic nitrogens is 3. The minimum Gasteiger partial charge on any atom is -0.247 e. The van der Waals surface area contributed by atoms with Crippen molar-refractivity contribution >= 4 is 9.84 Å². The van der Waals surface area contributed by atoms with Crippen LogP contribution < -0.4 is 0 Å². The SMILES string of the molecule is Cc1ccc(S(=O)(=O)c2cn(Cc3ccc(C(F)(F)F)cc3)nn2)cc1. The minimum absolute atomic E-state index is 0.102. The van der Waals surface area contributed by atoms with Crippen LogP contribution in [-0.2, 0) is 22.6 Å². The summed E-state index contributed by atoms with van der Waals surface area (Å²) in [4.78, 5) is 0.102. The zero-order valence-electron chi connectivity index (χ0n) is 13.6. The number of alkyl halides is 3. The Labute approximate surface area is 148 Å². The molecule has 0 saturated heterocycles. The fraction of sp³-hybridized carbons (Fsp3) is 0.176. The molecule has 0 saturated carbocycles. The quantitative estimate of drug-likeness (QED) is 0.694. The summed E-state index contributed by atoms with van der Waals surface area (Å²) in [6, 6.07) is 10.9. The molecule has 0 spiro atoms. The lowest BCUT2D eigenvalue weighted by atomic mass is 10.1. The van der Waals surface area contributed by atoms with E-state index in [1.165, 1.54) is 35.1 Å². The maximum Gasteiger partial charge on any atom is 0.416 e. The number of nitrogens with zero attached hydrogens (tertiary/aromatic N) is 3. The molecule has 5 nitrogen and oxygen atoms in total. The number of hydrogen-bond acceptors (Lipinski definition) is 4. The Morgan fingerprint density at radius 1 is 1.00 bits per heavy atom. The lowest BCUT2D eigenvalue weighted by molar-refractivity contribution is -0.137. The van der Waals surface area contributed by atoms with Crippen LogP contribution >= 0.6 is 0 Å². The van der Waals surface area contributed by atoms with E-state index in [0.717, 1.165) is 17.7 Å². The smallest absolute Gasteiger partial charge is 0.247 e. The predicted molar refractivity (Wildman–Crippen MR) is 87.2 cm³/mol. The van der Waals surface area contributed by atoms with Crippen LogP contribution in [0.25, 0.3) is 0 Å². The monoisotopic (exact) mass is 381 g/mol. The van der Waals surface area contributed by atoms with E-state index in [2.05, 4.69) is 10.3 Å². The normalized spacial score (nSPS) is 12.3. The number of benzene rings is 2. The Morgan fingerprint density at radius 3 is 2.19 bits per heavy atom. The molecule has 0 aliphatic rings. The lowest BCUT2D eigenvalue weighted by Gasteiger charge is -2.07. The molecule has 0 aliphatic carbocycles. The first-order valence-corrected chi connectivity index (χ1v) is 9.02. The van der Waals surface area contributed by atoms with Gasteiger partial charge in [-0.05, 0) is 36.8 Å². The van der Waals surface area contributed by atoms with Crippen molar-refractivity contribution in [3.05, 3.63) is 71.4 Å². The van der Waals surface area contributed by atoms with Gasteiger partial charge in [-0.3, -0.25) is 0 Å². The average molecular weight is 381 g/mol. The molecule has 26 heavy (non-hydrogen) atoms. The maximum absolute atomic E-state index is 12.6. The second-order valence-corrected chi connectivity index (χ2v) is 7.66. The number of sulfone groups is 1. The minimum atomic E-state index is -4.40. The highest BCUT2D eigenvalue weighted by molar-refractivity contribution is 7.91. The molecule has 1 heterocycles. The summed E-state index contributed by atoms with van der Waals surface area (Å²) in [5.41, 5.74) is 0.722. The largest absolute Gasteiger partial charge is 0.416 e. The van der Waals surface area contributed by atoms with E-state index in [1.54, 1.807) is 12.1 Å². The molecule has 3 aromatic rings. The molecule has 0 radical (unpaired) electrons. The molecule has 0 N–H and O–H groups in total. The first kappa shape index (κ1) is 18.1. The van der Waals surface area contributed by atoms with E-state index in [4.69, 9.17) is 0 Å². The van der Waals surface area contributed by atoms with Crippen LogP contribution in [0.3, 0.4) is 0 Å². The Bertz CT molecular complexity index is 1010. The van der Waals surface area contributed by atoms with Gasteiger partial charge in [-0.2, -0.15) is 13.2 Å². The molecule has 136 valence electrons. The van der Waals surface area contributed by atoms with Crippen molar-refractivity contribution in [1.82, 2.24) is 15.0 Å². The third-order valence-electron chi connectivity index (χ3n) is 3.75. The standard InChI is InChI=1S/C17H14F3N3O2S/c1-12-2-8-15(9-3-12)26(24,25)16-11-23(22-21-16)10-13-4-6-14(7-5-13)17(18,19)20/h2-9,11H,10H2,1H3. The number of aryl methyl sites for hydroxylation is 1. The highest BCUT2D eigenvalue weighted by Gasteiger charge is 2.30. The van der Waals surface area contributed by atoms with E-state index in [1.807, 2.05) is 6.92 Å². The van der Waals surface area contributed by atoms with Crippen molar-refractivity contribution in [1.29, 1.82) is 0 Å². The van der Waals surface area contributed by atoms with Gasteiger partial charge in [0.15, 0.2) is 0 Å². The van der Waals surface area contributed by atoms with Gasteiger partial charge in [-0.15, -0.1) is 5.10 Å². The molecule has 1 aromatic heterocycles. The first-order valence-electron chi connectivity index (χ1n) is 7.54. The Hall–Kier alpha value is -2.68. The third-order valence-corrected chi connectivity index (χ3v) is 5.38. The van der Waals surface area contributed by atoms with Gasteiger partial charge in [0.25, 0.3) is 0 Å². The van der Waals surface area contributed by atoms with Crippen LogP contribution in [0.4, 0.5) is 13.2 Å². The van der Waals surface area contributed by atoms with Gasteiger partial charge < -0.3 is 0 Å². The van der Waals surface area contributed by atoms with Crippen molar-refractivity contribution in [2.75, 3.05) is 0 Å². The average Bonchev–Trinajstić information content (AvgIpc) is 3.04. The van der Waals surface area contributed by atoms with Crippen LogP contribution in [0, 0.1) is 6.92 Å². The molecule has 0 amide bonds. The Balaban J connectivity index is 1.80. The second-order valence-electron chi connectivity index (χ2n) is 5.77. The molecular formula is C17H14F3N3O2S. The number of halogens is 3. The van der Waals surface area contributed by atoms with Crippen molar-refractivity contribution in [2.24, 2.45) is 0 Å². The molecular weight excluding hydrogens is 367 g/mol. The van der Waals surface area contributed by atoms with E-state index in [9.17, 15) is 21.6 Å². The summed E-state index contributed by atoms with van der Waals surface area (Å²) in [5, 5.41) is 7.23. The van der Waals surface area contributed by atoms with E-state index in [0.29, 0.717) is 5.56 Å². The third kappa shape index (κ3) is 3.77. The molecule has 9 heteroatoms. The summed E-state index contributed by atoms with van der Waals surface area (Å²) in [6.45, 7) is 1.95. The molecule has 3 rings (SSSR count). The summed E-state index contributed by atoms with van der Waals surface area (Å²) in [6.07, 6.45) is -3.14.